The highest BCUT2D eigenvalue weighted by Crippen LogP contribution is 2.19. The zero-order chi connectivity index (χ0) is 14.4. The average molecular weight is 341 g/mol. The normalized spacial score (nSPS) is 19.9. The first-order chi connectivity index (χ1) is 9.63. The molecule has 1 heterocycles. The van der Waals surface area contributed by atoms with Gasteiger partial charge in [0.1, 0.15) is 0 Å². The first kappa shape index (κ1) is 15.5. The van der Waals surface area contributed by atoms with E-state index in [1.807, 2.05) is 0 Å². The van der Waals surface area contributed by atoms with Gasteiger partial charge in [0.25, 0.3) is 0 Å². The van der Waals surface area contributed by atoms with Gasteiger partial charge < -0.3 is 10.4 Å². The maximum Gasteiger partial charge on any atom is 0.317 e. The predicted molar refractivity (Wildman–Crippen MR) is 82.6 cm³/mol. The molecule has 0 radical (unpaired) electrons. The van der Waals surface area contributed by atoms with Gasteiger partial charge in [-0.25, -0.2) is 0 Å². The molecule has 1 fully saturated rings. The van der Waals surface area contributed by atoms with Gasteiger partial charge in [0.2, 0.25) is 0 Å². The number of likely N-dealkylation sites (tertiary alicyclic amines) is 1. The van der Waals surface area contributed by atoms with E-state index in [1.54, 1.807) is 0 Å². The molecule has 2 N–H and O–H groups in total. The molecule has 4 nitrogen and oxygen atoms in total. The largest absolute Gasteiger partial charge is 0.480 e. The first-order valence-electron chi connectivity index (χ1n) is 7.03. The second kappa shape index (κ2) is 7.76. The Kier molecular flexibility index (Phi) is 6.01. The zero-order valence-electron chi connectivity index (χ0n) is 11.5. The van der Waals surface area contributed by atoms with E-state index in [9.17, 15) is 4.79 Å². The summed E-state index contributed by atoms with van der Waals surface area (Å²) in [5, 5.41) is 11.6. The lowest BCUT2D eigenvalue weighted by Crippen LogP contribution is -2.40. The van der Waals surface area contributed by atoms with Gasteiger partial charge in [-0.15, -0.1) is 0 Å². The lowest BCUT2D eigenvalue weighted by molar-refractivity contribution is -0.136. The Morgan fingerprint density at radius 3 is 2.85 bits per heavy atom. The van der Waals surface area contributed by atoms with Gasteiger partial charge in [-0.3, -0.25) is 9.69 Å². The Morgan fingerprint density at radius 2 is 2.15 bits per heavy atom. The summed E-state index contributed by atoms with van der Waals surface area (Å²) in [4.78, 5) is 13.0. The van der Waals surface area contributed by atoms with Crippen LogP contribution in [0.2, 0.25) is 0 Å². The van der Waals surface area contributed by atoms with Crippen molar-refractivity contribution in [3.63, 3.8) is 0 Å². The molecular formula is C15H21BrN2O2. The van der Waals surface area contributed by atoms with Crippen molar-refractivity contribution in [2.45, 2.75) is 19.4 Å². The molecule has 1 aromatic rings. The number of halogens is 1. The standard InChI is InChI=1S/C15H21BrN2O2/c16-14-5-3-12(4-6-14)10-18-7-1-2-13(11-18)8-17-9-15(19)20/h3-6,13,17H,1-2,7-11H2,(H,19,20). The molecule has 1 atom stereocenters. The fourth-order valence-electron chi connectivity index (χ4n) is 2.69. The third-order valence-corrected chi connectivity index (χ3v) is 4.16. The van der Waals surface area contributed by atoms with Crippen LogP contribution in [0.1, 0.15) is 18.4 Å². The first-order valence-corrected chi connectivity index (χ1v) is 7.82. The van der Waals surface area contributed by atoms with Crippen LogP contribution in [0.5, 0.6) is 0 Å². The highest BCUT2D eigenvalue weighted by Gasteiger charge is 2.19. The molecular weight excluding hydrogens is 320 g/mol. The highest BCUT2D eigenvalue weighted by atomic mass is 79.9. The minimum Gasteiger partial charge on any atom is -0.480 e. The monoisotopic (exact) mass is 340 g/mol. The predicted octanol–water partition coefficient (Wildman–Crippen LogP) is 2.34. The number of hydrogen-bond donors (Lipinski definition) is 2. The number of piperidine rings is 1. The summed E-state index contributed by atoms with van der Waals surface area (Å²) in [6, 6.07) is 8.45. The topological polar surface area (TPSA) is 52.6 Å². The van der Waals surface area contributed by atoms with Gasteiger partial charge in [-0.1, -0.05) is 28.1 Å². The molecule has 20 heavy (non-hydrogen) atoms. The molecule has 0 bridgehead atoms. The number of hydrogen-bond acceptors (Lipinski definition) is 3. The van der Waals surface area contributed by atoms with Crippen molar-refractivity contribution < 1.29 is 9.90 Å². The van der Waals surface area contributed by atoms with E-state index < -0.39 is 5.97 Å². The number of carboxylic acid groups (broad SMARTS) is 1. The van der Waals surface area contributed by atoms with E-state index in [1.165, 1.54) is 18.4 Å². The van der Waals surface area contributed by atoms with Crippen LogP contribution in [0.4, 0.5) is 0 Å². The maximum absolute atomic E-state index is 10.5. The SMILES string of the molecule is O=C(O)CNCC1CCCN(Cc2ccc(Br)cc2)C1. The molecule has 0 aliphatic carbocycles. The molecule has 5 heteroatoms. The van der Waals surface area contributed by atoms with Crippen LogP contribution in [-0.4, -0.2) is 42.2 Å². The Labute approximate surface area is 128 Å². The van der Waals surface area contributed by atoms with Crippen molar-refractivity contribution in [1.29, 1.82) is 0 Å². The van der Waals surface area contributed by atoms with Crippen LogP contribution < -0.4 is 5.32 Å². The molecule has 1 saturated heterocycles. The number of aliphatic carboxylic acids is 1. The van der Waals surface area contributed by atoms with Crippen molar-refractivity contribution in [1.82, 2.24) is 10.2 Å². The third kappa shape index (κ3) is 5.23. The smallest absolute Gasteiger partial charge is 0.317 e. The molecule has 1 aliphatic heterocycles. The molecule has 2 rings (SSSR count). The molecule has 0 saturated carbocycles. The Bertz CT molecular complexity index is 436. The maximum atomic E-state index is 10.5. The Morgan fingerprint density at radius 1 is 1.40 bits per heavy atom. The van der Waals surface area contributed by atoms with Gasteiger partial charge in [0, 0.05) is 17.6 Å². The molecule has 0 aromatic heterocycles. The van der Waals surface area contributed by atoms with Crippen LogP contribution in [0.15, 0.2) is 28.7 Å². The summed E-state index contributed by atoms with van der Waals surface area (Å²) in [5.74, 6) is -0.230. The van der Waals surface area contributed by atoms with Crippen molar-refractivity contribution in [2.75, 3.05) is 26.2 Å². The number of nitrogens with zero attached hydrogens (tertiary/aromatic N) is 1. The number of carboxylic acids is 1. The second-order valence-electron chi connectivity index (χ2n) is 5.39. The van der Waals surface area contributed by atoms with E-state index in [0.29, 0.717) is 5.92 Å². The number of nitrogens with one attached hydrogen (secondary N) is 1. The minimum absolute atomic E-state index is 0.0587. The molecule has 1 unspecified atom stereocenters. The van der Waals surface area contributed by atoms with Crippen LogP contribution in [-0.2, 0) is 11.3 Å². The fourth-order valence-corrected chi connectivity index (χ4v) is 2.96. The second-order valence-corrected chi connectivity index (χ2v) is 6.31. The number of carbonyl (C=O) groups is 1. The van der Waals surface area contributed by atoms with E-state index in [2.05, 4.69) is 50.4 Å². The molecule has 0 spiro atoms. The van der Waals surface area contributed by atoms with E-state index in [4.69, 9.17) is 5.11 Å². The lowest BCUT2D eigenvalue weighted by Gasteiger charge is -2.32. The summed E-state index contributed by atoms with van der Waals surface area (Å²) >= 11 is 3.45. The highest BCUT2D eigenvalue weighted by molar-refractivity contribution is 9.10. The van der Waals surface area contributed by atoms with Crippen molar-refractivity contribution in [3.05, 3.63) is 34.3 Å². The lowest BCUT2D eigenvalue weighted by atomic mass is 9.97. The van der Waals surface area contributed by atoms with Crippen LogP contribution in [0, 0.1) is 5.92 Å². The average Bonchev–Trinajstić information content (AvgIpc) is 2.41. The van der Waals surface area contributed by atoms with Crippen molar-refractivity contribution >= 4 is 21.9 Å². The van der Waals surface area contributed by atoms with Crippen LogP contribution in [0.25, 0.3) is 0 Å². The minimum atomic E-state index is -0.785. The molecule has 1 aromatic carbocycles. The van der Waals surface area contributed by atoms with Gasteiger partial charge >= 0.3 is 5.97 Å². The summed E-state index contributed by atoms with van der Waals surface area (Å²) in [5.41, 5.74) is 1.33. The summed E-state index contributed by atoms with van der Waals surface area (Å²) in [7, 11) is 0. The summed E-state index contributed by atoms with van der Waals surface area (Å²) in [6.07, 6.45) is 2.37. The van der Waals surface area contributed by atoms with Gasteiger partial charge in [0.05, 0.1) is 6.54 Å². The summed E-state index contributed by atoms with van der Waals surface area (Å²) in [6.45, 7) is 4.00. The van der Waals surface area contributed by atoms with Crippen LogP contribution in [0.3, 0.4) is 0 Å². The molecule has 110 valence electrons. The van der Waals surface area contributed by atoms with Crippen molar-refractivity contribution in [2.24, 2.45) is 5.92 Å². The third-order valence-electron chi connectivity index (χ3n) is 3.63. The Balaban J connectivity index is 1.78. The number of rotatable bonds is 6. The quantitative estimate of drug-likeness (QED) is 0.834. The van der Waals surface area contributed by atoms with E-state index >= 15 is 0 Å². The molecule has 0 amide bonds. The number of benzene rings is 1. The Hall–Kier alpha value is -0.910. The molecule has 1 aliphatic rings. The van der Waals surface area contributed by atoms with Gasteiger partial charge in [0.15, 0.2) is 0 Å². The van der Waals surface area contributed by atoms with Crippen LogP contribution >= 0.6 is 15.9 Å². The fraction of sp³-hybridized carbons (Fsp3) is 0.533. The van der Waals surface area contributed by atoms with Crippen molar-refractivity contribution in [3.8, 4) is 0 Å². The van der Waals surface area contributed by atoms with E-state index in [-0.39, 0.29) is 6.54 Å². The van der Waals surface area contributed by atoms with E-state index in [0.717, 1.165) is 30.7 Å². The zero-order valence-corrected chi connectivity index (χ0v) is 13.1. The van der Waals surface area contributed by atoms with Gasteiger partial charge in [-0.05, 0) is 49.5 Å². The summed E-state index contributed by atoms with van der Waals surface area (Å²) < 4.78 is 1.11. The van der Waals surface area contributed by atoms with Gasteiger partial charge in [-0.2, -0.15) is 0 Å².